The standard InChI is InChI=1S/C14H14O4S/c1-9-6-12(16)8-14(10(9)2)19(17,18)13-5-3-4-11(15)7-13/h3-8,15-16H,1-2H3. The Morgan fingerprint density at radius 1 is 0.947 bits per heavy atom. The van der Waals surface area contributed by atoms with Crippen molar-refractivity contribution < 1.29 is 18.6 Å². The first-order valence-electron chi connectivity index (χ1n) is 5.66. The molecule has 19 heavy (non-hydrogen) atoms. The molecule has 0 atom stereocenters. The van der Waals surface area contributed by atoms with Crippen LogP contribution >= 0.6 is 0 Å². The second-order valence-electron chi connectivity index (χ2n) is 4.39. The minimum absolute atomic E-state index is 0.000556. The molecule has 4 nitrogen and oxygen atoms in total. The molecule has 0 aliphatic rings. The van der Waals surface area contributed by atoms with Gasteiger partial charge in [-0.3, -0.25) is 0 Å². The molecule has 0 aliphatic heterocycles. The highest BCUT2D eigenvalue weighted by Gasteiger charge is 2.22. The molecular formula is C14H14O4S. The number of aromatic hydroxyl groups is 2. The van der Waals surface area contributed by atoms with Crippen molar-refractivity contribution in [3.8, 4) is 11.5 Å². The summed E-state index contributed by atoms with van der Waals surface area (Å²) >= 11 is 0. The molecular weight excluding hydrogens is 264 g/mol. The molecule has 2 rings (SSSR count). The van der Waals surface area contributed by atoms with E-state index in [0.717, 1.165) is 0 Å². The number of sulfone groups is 1. The van der Waals surface area contributed by atoms with E-state index < -0.39 is 9.84 Å². The average molecular weight is 278 g/mol. The van der Waals surface area contributed by atoms with E-state index in [4.69, 9.17) is 0 Å². The Morgan fingerprint density at radius 2 is 1.63 bits per heavy atom. The number of phenols is 2. The summed E-state index contributed by atoms with van der Waals surface area (Å²) in [4.78, 5) is 0.0520. The van der Waals surface area contributed by atoms with Gasteiger partial charge in [0.05, 0.1) is 9.79 Å². The van der Waals surface area contributed by atoms with E-state index in [-0.39, 0.29) is 21.3 Å². The van der Waals surface area contributed by atoms with Crippen LogP contribution in [-0.4, -0.2) is 18.6 Å². The van der Waals surface area contributed by atoms with Gasteiger partial charge in [-0.1, -0.05) is 6.07 Å². The van der Waals surface area contributed by atoms with Crippen molar-refractivity contribution in [2.24, 2.45) is 0 Å². The van der Waals surface area contributed by atoms with Gasteiger partial charge in [0.15, 0.2) is 0 Å². The fraction of sp³-hybridized carbons (Fsp3) is 0.143. The zero-order valence-electron chi connectivity index (χ0n) is 10.6. The molecule has 0 unspecified atom stereocenters. The number of benzene rings is 2. The number of aryl methyl sites for hydroxylation is 1. The highest BCUT2D eigenvalue weighted by molar-refractivity contribution is 7.91. The van der Waals surface area contributed by atoms with Gasteiger partial charge in [-0.15, -0.1) is 0 Å². The summed E-state index contributed by atoms with van der Waals surface area (Å²) < 4.78 is 25.0. The summed E-state index contributed by atoms with van der Waals surface area (Å²) in [5, 5.41) is 19.0. The van der Waals surface area contributed by atoms with Crippen molar-refractivity contribution in [3.05, 3.63) is 47.5 Å². The minimum Gasteiger partial charge on any atom is -0.508 e. The van der Waals surface area contributed by atoms with Crippen LogP contribution in [0, 0.1) is 13.8 Å². The summed E-state index contributed by atoms with van der Waals surface area (Å²) in [5.41, 5.74) is 1.28. The van der Waals surface area contributed by atoms with Crippen LogP contribution in [-0.2, 0) is 9.84 Å². The van der Waals surface area contributed by atoms with Crippen molar-refractivity contribution in [2.75, 3.05) is 0 Å². The third kappa shape index (κ3) is 2.42. The lowest BCUT2D eigenvalue weighted by atomic mass is 10.1. The Balaban J connectivity index is 2.70. The van der Waals surface area contributed by atoms with Gasteiger partial charge in [0.2, 0.25) is 9.84 Å². The predicted octanol–water partition coefficient (Wildman–Crippen LogP) is 2.55. The third-order valence-electron chi connectivity index (χ3n) is 3.02. The van der Waals surface area contributed by atoms with Crippen LogP contribution in [0.15, 0.2) is 46.2 Å². The topological polar surface area (TPSA) is 74.6 Å². The van der Waals surface area contributed by atoms with Gasteiger partial charge in [-0.2, -0.15) is 0 Å². The highest BCUT2D eigenvalue weighted by Crippen LogP contribution is 2.30. The molecule has 0 aromatic heterocycles. The van der Waals surface area contributed by atoms with Gasteiger partial charge in [-0.25, -0.2) is 8.42 Å². The molecule has 0 amide bonds. The molecule has 0 saturated carbocycles. The third-order valence-corrected chi connectivity index (χ3v) is 4.90. The molecule has 0 bridgehead atoms. The quantitative estimate of drug-likeness (QED) is 0.885. The van der Waals surface area contributed by atoms with Gasteiger partial charge in [0.1, 0.15) is 11.5 Å². The molecule has 0 fully saturated rings. The SMILES string of the molecule is Cc1cc(O)cc(S(=O)(=O)c2cccc(O)c2)c1C. The first-order valence-corrected chi connectivity index (χ1v) is 7.15. The molecule has 5 heteroatoms. The highest BCUT2D eigenvalue weighted by atomic mass is 32.2. The Kier molecular flexibility index (Phi) is 3.24. The summed E-state index contributed by atoms with van der Waals surface area (Å²) in [5.74, 6) is -0.211. The van der Waals surface area contributed by atoms with Crippen LogP contribution in [0.4, 0.5) is 0 Å². The largest absolute Gasteiger partial charge is 0.508 e. The van der Waals surface area contributed by atoms with Crippen LogP contribution in [0.3, 0.4) is 0 Å². The van der Waals surface area contributed by atoms with Crippen molar-refractivity contribution in [2.45, 2.75) is 23.6 Å². The fourth-order valence-corrected chi connectivity index (χ4v) is 3.49. The van der Waals surface area contributed by atoms with Crippen molar-refractivity contribution in [1.82, 2.24) is 0 Å². The maximum atomic E-state index is 12.5. The minimum atomic E-state index is -3.76. The Bertz CT molecular complexity index is 733. The molecule has 2 N–H and O–H groups in total. The lowest BCUT2D eigenvalue weighted by Crippen LogP contribution is -2.05. The zero-order valence-corrected chi connectivity index (χ0v) is 11.4. The van der Waals surface area contributed by atoms with Crippen LogP contribution in [0.5, 0.6) is 11.5 Å². The maximum Gasteiger partial charge on any atom is 0.207 e. The lowest BCUT2D eigenvalue weighted by molar-refractivity contribution is 0.472. The summed E-state index contributed by atoms with van der Waals surface area (Å²) in [6, 6.07) is 8.20. The summed E-state index contributed by atoms with van der Waals surface area (Å²) in [6.07, 6.45) is 0. The maximum absolute atomic E-state index is 12.5. The molecule has 0 heterocycles. The Labute approximate surface area is 111 Å². The molecule has 100 valence electrons. The Hall–Kier alpha value is -2.01. The first kappa shape index (κ1) is 13.4. The van der Waals surface area contributed by atoms with Crippen LogP contribution < -0.4 is 0 Å². The number of hydrogen-bond acceptors (Lipinski definition) is 4. The van der Waals surface area contributed by atoms with Crippen molar-refractivity contribution >= 4 is 9.84 Å². The van der Waals surface area contributed by atoms with Crippen LogP contribution in [0.1, 0.15) is 11.1 Å². The van der Waals surface area contributed by atoms with Gasteiger partial charge in [0, 0.05) is 0 Å². The van der Waals surface area contributed by atoms with Crippen LogP contribution in [0.25, 0.3) is 0 Å². The second kappa shape index (κ2) is 4.59. The fourth-order valence-electron chi connectivity index (χ4n) is 1.87. The molecule has 0 saturated heterocycles. The zero-order chi connectivity index (χ0) is 14.2. The van der Waals surface area contributed by atoms with E-state index in [2.05, 4.69) is 0 Å². The van der Waals surface area contributed by atoms with Crippen molar-refractivity contribution in [3.63, 3.8) is 0 Å². The number of phenolic OH excluding ortho intramolecular Hbond substituents is 2. The van der Waals surface area contributed by atoms with Gasteiger partial charge in [0.25, 0.3) is 0 Å². The second-order valence-corrected chi connectivity index (χ2v) is 6.30. The van der Waals surface area contributed by atoms with E-state index in [0.29, 0.717) is 11.1 Å². The average Bonchev–Trinajstić information content (AvgIpc) is 2.33. The smallest absolute Gasteiger partial charge is 0.207 e. The van der Waals surface area contributed by atoms with Gasteiger partial charge >= 0.3 is 0 Å². The normalized spacial score (nSPS) is 11.5. The summed E-state index contributed by atoms with van der Waals surface area (Å²) in [6.45, 7) is 3.42. The number of rotatable bonds is 2. The van der Waals surface area contributed by atoms with Crippen molar-refractivity contribution in [1.29, 1.82) is 0 Å². The van der Waals surface area contributed by atoms with Crippen LogP contribution in [0.2, 0.25) is 0 Å². The van der Waals surface area contributed by atoms with E-state index in [1.165, 1.54) is 36.4 Å². The van der Waals surface area contributed by atoms with E-state index >= 15 is 0 Å². The molecule has 0 spiro atoms. The van der Waals surface area contributed by atoms with E-state index in [9.17, 15) is 18.6 Å². The van der Waals surface area contributed by atoms with E-state index in [1.54, 1.807) is 13.8 Å². The Morgan fingerprint density at radius 3 is 2.26 bits per heavy atom. The monoisotopic (exact) mass is 278 g/mol. The molecule has 0 aliphatic carbocycles. The van der Waals surface area contributed by atoms with Gasteiger partial charge in [-0.05, 0) is 55.3 Å². The summed E-state index contributed by atoms with van der Waals surface area (Å²) in [7, 11) is -3.76. The van der Waals surface area contributed by atoms with Gasteiger partial charge < -0.3 is 10.2 Å². The molecule has 2 aromatic carbocycles. The predicted molar refractivity (Wildman–Crippen MR) is 71.1 cm³/mol. The first-order chi connectivity index (χ1) is 8.82. The molecule has 0 radical (unpaired) electrons. The number of hydrogen-bond donors (Lipinski definition) is 2. The molecule has 2 aromatic rings. The lowest BCUT2D eigenvalue weighted by Gasteiger charge is -2.11. The van der Waals surface area contributed by atoms with E-state index in [1.807, 2.05) is 0 Å².